The van der Waals surface area contributed by atoms with Crippen LogP contribution in [0, 0.1) is 5.92 Å². The lowest BCUT2D eigenvalue weighted by molar-refractivity contribution is -0.141. The number of allylic oxidation sites excluding steroid dienone is 2. The van der Waals surface area contributed by atoms with Crippen molar-refractivity contribution in [2.45, 2.75) is 19.3 Å². The molecular weight excluding hydrogens is 368 g/mol. The van der Waals surface area contributed by atoms with Crippen molar-refractivity contribution in [1.29, 1.82) is 0 Å². The van der Waals surface area contributed by atoms with Gasteiger partial charge in [-0.15, -0.1) is 0 Å². The Hall–Kier alpha value is -1.47. The van der Waals surface area contributed by atoms with Crippen LogP contribution >= 0.6 is 15.9 Å². The van der Waals surface area contributed by atoms with Crippen molar-refractivity contribution < 1.29 is 13.7 Å². The molecule has 118 valence electrons. The summed E-state index contributed by atoms with van der Waals surface area (Å²) in [5.41, 5.74) is 8.24. The molecule has 2 N–H and O–H groups in total. The number of esters is 1. The number of methoxy groups -OCH3 is 1. The number of aryl methyl sites for hydroxylation is 1. The van der Waals surface area contributed by atoms with Crippen LogP contribution in [0.1, 0.15) is 18.5 Å². The van der Waals surface area contributed by atoms with Crippen LogP contribution < -0.4 is 5.73 Å². The Morgan fingerprint density at radius 2 is 2.27 bits per heavy atom. The maximum atomic E-state index is 11.6. The molecule has 2 rings (SSSR count). The highest BCUT2D eigenvalue weighted by atomic mass is 79.9. The number of halogens is 1. The molecule has 2 heterocycles. The van der Waals surface area contributed by atoms with Crippen molar-refractivity contribution in [2.75, 3.05) is 12.8 Å². The van der Waals surface area contributed by atoms with E-state index in [1.807, 2.05) is 0 Å². The van der Waals surface area contributed by atoms with E-state index in [9.17, 15) is 9.00 Å². The minimum Gasteiger partial charge on any atom is -0.469 e. The minimum atomic E-state index is -1.09. The first-order valence-electron chi connectivity index (χ1n) is 6.76. The zero-order valence-electron chi connectivity index (χ0n) is 12.1. The van der Waals surface area contributed by atoms with Gasteiger partial charge in [-0.3, -0.25) is 9.00 Å². The lowest BCUT2D eigenvalue weighted by atomic mass is 9.91. The molecule has 0 amide bonds. The van der Waals surface area contributed by atoms with E-state index in [4.69, 9.17) is 10.5 Å². The summed E-state index contributed by atoms with van der Waals surface area (Å²) in [5, 5.41) is 3.29. The first-order chi connectivity index (χ1) is 10.5. The van der Waals surface area contributed by atoms with Crippen molar-refractivity contribution in [3.8, 4) is 0 Å². The minimum absolute atomic E-state index is 0.0599. The number of hydrogen-bond donors (Lipinski definition) is 1. The van der Waals surface area contributed by atoms with E-state index in [1.54, 1.807) is 29.0 Å². The molecule has 0 fully saturated rings. The molecule has 1 aliphatic rings. The van der Waals surface area contributed by atoms with E-state index in [0.29, 0.717) is 18.5 Å². The average molecular weight is 385 g/mol. The lowest BCUT2D eigenvalue weighted by Gasteiger charge is -2.16. The van der Waals surface area contributed by atoms with Crippen LogP contribution in [0.2, 0.25) is 0 Å². The van der Waals surface area contributed by atoms with Crippen molar-refractivity contribution in [3.63, 3.8) is 0 Å². The van der Waals surface area contributed by atoms with E-state index in [-0.39, 0.29) is 18.3 Å². The summed E-state index contributed by atoms with van der Waals surface area (Å²) < 4.78 is 17.0. The van der Waals surface area contributed by atoms with Gasteiger partial charge in [-0.2, -0.15) is 0 Å². The molecule has 0 saturated carbocycles. The number of carbonyl (C=O) groups is 1. The summed E-state index contributed by atoms with van der Waals surface area (Å²) in [7, 11) is 0.276. The second-order valence-corrected chi connectivity index (χ2v) is 6.91. The van der Waals surface area contributed by atoms with E-state index < -0.39 is 10.8 Å². The number of hydrogen-bond acceptors (Lipinski definition) is 5. The highest BCUT2D eigenvalue weighted by Gasteiger charge is 2.21. The van der Waals surface area contributed by atoms with Crippen molar-refractivity contribution in [3.05, 3.63) is 44.9 Å². The van der Waals surface area contributed by atoms with E-state index in [2.05, 4.69) is 20.9 Å². The number of rotatable bonds is 6. The summed E-state index contributed by atoms with van der Waals surface area (Å²) in [6, 6.07) is 3.58. The van der Waals surface area contributed by atoms with Gasteiger partial charge in [0.05, 0.1) is 35.7 Å². The average Bonchev–Trinajstić information content (AvgIpc) is 2.92. The second-order valence-electron chi connectivity index (χ2n) is 4.93. The summed E-state index contributed by atoms with van der Waals surface area (Å²) in [4.78, 5) is 16.0. The standard InChI is InChI=1S/C15H17BrN2O3S/c1-21-15(19)8-10(11-6-7-22(20)9-11)2-4-13-12(17)3-5-14(16)18-13/h3,5-7,9-10H,2,4,8,17H2,1H3/t10-,22?/m1/s1. The Kier molecular flexibility index (Phi) is 5.90. The lowest BCUT2D eigenvalue weighted by Crippen LogP contribution is -2.13. The Balaban J connectivity index is 2.11. The molecule has 2 atom stereocenters. The molecule has 1 aromatic rings. The molecule has 0 saturated heterocycles. The maximum Gasteiger partial charge on any atom is 0.306 e. The fourth-order valence-corrected chi connectivity index (χ4v) is 3.51. The van der Waals surface area contributed by atoms with Gasteiger partial charge >= 0.3 is 5.97 Å². The van der Waals surface area contributed by atoms with Crippen LogP contribution in [-0.4, -0.2) is 22.3 Å². The third-order valence-electron chi connectivity index (χ3n) is 3.46. The number of anilines is 1. The smallest absolute Gasteiger partial charge is 0.306 e. The largest absolute Gasteiger partial charge is 0.469 e. The molecule has 0 radical (unpaired) electrons. The molecule has 0 spiro atoms. The topological polar surface area (TPSA) is 82.3 Å². The van der Waals surface area contributed by atoms with Gasteiger partial charge in [-0.25, -0.2) is 4.98 Å². The van der Waals surface area contributed by atoms with Crippen LogP contribution in [0.4, 0.5) is 5.69 Å². The predicted octanol–water partition coefficient (Wildman–Crippen LogP) is 2.70. The van der Waals surface area contributed by atoms with Gasteiger partial charge in [0.1, 0.15) is 4.60 Å². The third-order valence-corrected chi connectivity index (χ3v) is 4.81. The van der Waals surface area contributed by atoms with E-state index >= 15 is 0 Å². The number of nitrogen functional groups attached to an aromatic ring is 1. The molecule has 5 nitrogen and oxygen atoms in total. The van der Waals surface area contributed by atoms with E-state index in [1.165, 1.54) is 7.11 Å². The molecule has 1 aliphatic heterocycles. The number of ether oxygens (including phenoxy) is 1. The normalized spacial score (nSPS) is 18.1. The second kappa shape index (κ2) is 7.69. The van der Waals surface area contributed by atoms with Crippen molar-refractivity contribution >= 4 is 38.4 Å². The highest BCUT2D eigenvalue weighted by Crippen LogP contribution is 2.28. The Morgan fingerprint density at radius 1 is 1.50 bits per heavy atom. The van der Waals surface area contributed by atoms with Gasteiger partial charge in [0.15, 0.2) is 0 Å². The Bertz CT molecular complexity index is 658. The molecule has 1 unspecified atom stereocenters. The number of carbonyl (C=O) groups excluding carboxylic acids is 1. The molecule has 1 aromatic heterocycles. The monoisotopic (exact) mass is 384 g/mol. The van der Waals surface area contributed by atoms with Gasteiger partial charge in [0, 0.05) is 10.8 Å². The molecular formula is C15H17BrN2O3S. The van der Waals surface area contributed by atoms with Gasteiger partial charge in [0.2, 0.25) is 0 Å². The molecule has 22 heavy (non-hydrogen) atoms. The predicted molar refractivity (Wildman–Crippen MR) is 90.2 cm³/mol. The SMILES string of the molecule is COC(=O)C[C@@H](CCc1nc(Br)ccc1N)C1=CS(=O)C=C1. The van der Waals surface area contributed by atoms with Gasteiger partial charge < -0.3 is 10.5 Å². The first-order valence-corrected chi connectivity index (χ1v) is 8.83. The zero-order chi connectivity index (χ0) is 16.1. The van der Waals surface area contributed by atoms with Crippen LogP contribution in [0.15, 0.2) is 39.2 Å². The molecule has 0 aliphatic carbocycles. The van der Waals surface area contributed by atoms with Crippen molar-refractivity contribution in [2.24, 2.45) is 5.92 Å². The molecule has 0 bridgehead atoms. The summed E-state index contributed by atoms with van der Waals surface area (Å²) in [5.74, 6) is -0.345. The zero-order valence-corrected chi connectivity index (χ0v) is 14.5. The number of aromatic nitrogens is 1. The number of nitrogens with zero attached hydrogens (tertiary/aromatic N) is 1. The Morgan fingerprint density at radius 3 is 2.91 bits per heavy atom. The molecule has 7 heteroatoms. The Labute approximate surface area is 140 Å². The highest BCUT2D eigenvalue weighted by molar-refractivity contribution is 9.10. The fourth-order valence-electron chi connectivity index (χ4n) is 2.26. The number of nitrogens with two attached hydrogens (primary N) is 1. The van der Waals surface area contributed by atoms with E-state index in [0.717, 1.165) is 15.9 Å². The molecule has 0 aromatic carbocycles. The van der Waals surface area contributed by atoms with Crippen LogP contribution in [0.5, 0.6) is 0 Å². The summed E-state index contributed by atoms with van der Waals surface area (Å²) >= 11 is 3.33. The van der Waals surface area contributed by atoms with Crippen LogP contribution in [0.25, 0.3) is 0 Å². The van der Waals surface area contributed by atoms with Crippen molar-refractivity contribution in [1.82, 2.24) is 4.98 Å². The van der Waals surface area contributed by atoms with Crippen LogP contribution in [0.3, 0.4) is 0 Å². The van der Waals surface area contributed by atoms with Gasteiger partial charge in [-0.05, 0) is 58.5 Å². The third kappa shape index (κ3) is 4.51. The summed E-state index contributed by atoms with van der Waals surface area (Å²) in [6.45, 7) is 0. The summed E-state index contributed by atoms with van der Waals surface area (Å²) in [6.07, 6.45) is 3.36. The van der Waals surface area contributed by atoms with Gasteiger partial charge in [0.25, 0.3) is 0 Å². The number of pyridine rings is 1. The first kappa shape index (κ1) is 16.9. The fraction of sp³-hybridized carbons (Fsp3) is 0.333. The quantitative estimate of drug-likeness (QED) is 0.602. The van der Waals surface area contributed by atoms with Crippen LogP contribution in [-0.2, 0) is 26.8 Å². The van der Waals surface area contributed by atoms with Gasteiger partial charge in [-0.1, -0.05) is 0 Å². The maximum absolute atomic E-state index is 11.6.